The number of benzene rings is 2. The Morgan fingerprint density at radius 1 is 1.11 bits per heavy atom. The molecule has 0 saturated heterocycles. The standard InChI is InChI=1S/C15H18ClN3/c1-10-3-4-12(14(16)7-10)9-19(18)15-6-5-13(17)8-11(15)2/h3-8H,9,17-18H2,1-2H3. The zero-order valence-electron chi connectivity index (χ0n) is 11.2. The maximum Gasteiger partial charge on any atom is 0.0607 e. The number of aryl methyl sites for hydroxylation is 2. The lowest BCUT2D eigenvalue weighted by Crippen LogP contribution is -2.30. The van der Waals surface area contributed by atoms with E-state index in [1.165, 1.54) is 0 Å². The quantitative estimate of drug-likeness (QED) is 0.513. The summed E-state index contributed by atoms with van der Waals surface area (Å²) in [6.07, 6.45) is 0. The molecule has 2 rings (SSSR count). The van der Waals surface area contributed by atoms with Crippen LogP contribution in [0.15, 0.2) is 36.4 Å². The third kappa shape index (κ3) is 3.19. The molecule has 0 aromatic heterocycles. The smallest absolute Gasteiger partial charge is 0.0607 e. The Bertz CT molecular complexity index is 596. The lowest BCUT2D eigenvalue weighted by atomic mass is 10.1. The lowest BCUT2D eigenvalue weighted by Gasteiger charge is -2.22. The summed E-state index contributed by atoms with van der Waals surface area (Å²) in [7, 11) is 0. The van der Waals surface area contributed by atoms with Crippen molar-refractivity contribution in [1.29, 1.82) is 0 Å². The summed E-state index contributed by atoms with van der Waals surface area (Å²) >= 11 is 6.22. The molecule has 0 heterocycles. The fraction of sp³-hybridized carbons (Fsp3) is 0.200. The summed E-state index contributed by atoms with van der Waals surface area (Å²) in [6, 6.07) is 11.7. The lowest BCUT2D eigenvalue weighted by molar-refractivity contribution is 0.848. The minimum atomic E-state index is 0.559. The molecule has 100 valence electrons. The average Bonchev–Trinajstić information content (AvgIpc) is 2.32. The Balaban J connectivity index is 2.23. The van der Waals surface area contributed by atoms with Crippen LogP contribution >= 0.6 is 11.6 Å². The van der Waals surface area contributed by atoms with Crippen LogP contribution in [0.4, 0.5) is 11.4 Å². The third-order valence-electron chi connectivity index (χ3n) is 3.08. The first-order chi connectivity index (χ1) is 8.97. The number of hydrogen-bond donors (Lipinski definition) is 2. The van der Waals surface area contributed by atoms with Gasteiger partial charge in [0.1, 0.15) is 0 Å². The van der Waals surface area contributed by atoms with E-state index >= 15 is 0 Å². The summed E-state index contributed by atoms with van der Waals surface area (Å²) < 4.78 is 0. The maximum atomic E-state index is 6.22. The molecule has 0 aliphatic carbocycles. The average molecular weight is 276 g/mol. The van der Waals surface area contributed by atoms with Crippen molar-refractivity contribution in [2.24, 2.45) is 5.84 Å². The van der Waals surface area contributed by atoms with Crippen LogP contribution in [0.3, 0.4) is 0 Å². The number of anilines is 2. The topological polar surface area (TPSA) is 55.3 Å². The Labute approximate surface area is 118 Å². The van der Waals surface area contributed by atoms with Gasteiger partial charge in [-0.05, 0) is 54.8 Å². The zero-order chi connectivity index (χ0) is 14.0. The van der Waals surface area contributed by atoms with Gasteiger partial charge in [0.05, 0.1) is 12.2 Å². The van der Waals surface area contributed by atoms with Crippen molar-refractivity contribution in [2.45, 2.75) is 20.4 Å². The van der Waals surface area contributed by atoms with Gasteiger partial charge in [-0.1, -0.05) is 23.7 Å². The Morgan fingerprint density at radius 2 is 1.84 bits per heavy atom. The normalized spacial score (nSPS) is 10.5. The van der Waals surface area contributed by atoms with Crippen molar-refractivity contribution in [1.82, 2.24) is 0 Å². The van der Waals surface area contributed by atoms with Crippen molar-refractivity contribution < 1.29 is 0 Å². The number of hydrazine groups is 1. The number of rotatable bonds is 3. The zero-order valence-corrected chi connectivity index (χ0v) is 11.9. The number of nitrogens with zero attached hydrogens (tertiary/aromatic N) is 1. The largest absolute Gasteiger partial charge is 0.399 e. The van der Waals surface area contributed by atoms with Crippen LogP contribution < -0.4 is 16.6 Å². The van der Waals surface area contributed by atoms with Gasteiger partial charge in [-0.3, -0.25) is 0 Å². The van der Waals surface area contributed by atoms with E-state index in [1.807, 2.05) is 50.2 Å². The predicted octanol–water partition coefficient (Wildman–Crippen LogP) is 3.42. The van der Waals surface area contributed by atoms with E-state index in [1.54, 1.807) is 5.01 Å². The Kier molecular flexibility index (Phi) is 3.98. The van der Waals surface area contributed by atoms with Crippen LogP contribution in [-0.2, 0) is 6.54 Å². The number of hydrogen-bond acceptors (Lipinski definition) is 3. The van der Waals surface area contributed by atoms with Crippen molar-refractivity contribution in [3.05, 3.63) is 58.1 Å². The molecule has 0 saturated carbocycles. The van der Waals surface area contributed by atoms with Crippen LogP contribution in [-0.4, -0.2) is 0 Å². The molecule has 4 heteroatoms. The van der Waals surface area contributed by atoms with Crippen molar-refractivity contribution in [2.75, 3.05) is 10.7 Å². The molecule has 0 spiro atoms. The van der Waals surface area contributed by atoms with Gasteiger partial charge in [-0.2, -0.15) is 0 Å². The summed E-state index contributed by atoms with van der Waals surface area (Å²) in [6.45, 7) is 4.56. The van der Waals surface area contributed by atoms with Gasteiger partial charge in [0.2, 0.25) is 0 Å². The number of nitrogens with two attached hydrogens (primary N) is 2. The molecule has 4 N–H and O–H groups in total. The molecule has 0 bridgehead atoms. The molecule has 2 aromatic rings. The van der Waals surface area contributed by atoms with Gasteiger partial charge >= 0.3 is 0 Å². The van der Waals surface area contributed by atoms with E-state index in [-0.39, 0.29) is 0 Å². The van der Waals surface area contributed by atoms with Gasteiger partial charge in [-0.25, -0.2) is 5.84 Å². The van der Waals surface area contributed by atoms with Crippen molar-refractivity contribution in [3.63, 3.8) is 0 Å². The highest BCUT2D eigenvalue weighted by Crippen LogP contribution is 2.24. The van der Waals surface area contributed by atoms with Gasteiger partial charge in [0, 0.05) is 10.7 Å². The molecule has 2 aromatic carbocycles. The van der Waals surface area contributed by atoms with Crippen molar-refractivity contribution >= 4 is 23.0 Å². The molecule has 0 atom stereocenters. The minimum Gasteiger partial charge on any atom is -0.399 e. The third-order valence-corrected chi connectivity index (χ3v) is 3.43. The molecular weight excluding hydrogens is 258 g/mol. The van der Waals surface area contributed by atoms with Crippen LogP contribution in [0.5, 0.6) is 0 Å². The summed E-state index contributed by atoms with van der Waals surface area (Å²) in [5.41, 5.74) is 10.6. The number of halogens is 1. The predicted molar refractivity (Wildman–Crippen MR) is 82.2 cm³/mol. The van der Waals surface area contributed by atoms with Crippen molar-refractivity contribution in [3.8, 4) is 0 Å². The van der Waals surface area contributed by atoms with E-state index in [0.29, 0.717) is 6.54 Å². The fourth-order valence-electron chi connectivity index (χ4n) is 2.05. The summed E-state index contributed by atoms with van der Waals surface area (Å²) in [5.74, 6) is 6.12. The molecule has 3 nitrogen and oxygen atoms in total. The van der Waals surface area contributed by atoms with Gasteiger partial charge in [0.15, 0.2) is 0 Å². The van der Waals surface area contributed by atoms with Gasteiger partial charge in [0.25, 0.3) is 0 Å². The first-order valence-corrected chi connectivity index (χ1v) is 6.48. The molecule has 0 aliphatic heterocycles. The van der Waals surface area contributed by atoms with Crippen LogP contribution in [0.2, 0.25) is 5.02 Å². The molecule has 0 fully saturated rings. The molecule has 19 heavy (non-hydrogen) atoms. The second-order valence-electron chi connectivity index (χ2n) is 4.77. The maximum absolute atomic E-state index is 6.22. The Hall–Kier alpha value is -1.71. The van der Waals surface area contributed by atoms with E-state index in [2.05, 4.69) is 0 Å². The van der Waals surface area contributed by atoms with E-state index < -0.39 is 0 Å². The highest BCUT2D eigenvalue weighted by molar-refractivity contribution is 6.31. The second kappa shape index (κ2) is 5.51. The summed E-state index contributed by atoms with van der Waals surface area (Å²) in [4.78, 5) is 0. The molecule has 0 aliphatic rings. The monoisotopic (exact) mass is 275 g/mol. The van der Waals surface area contributed by atoms with Crippen LogP contribution in [0.25, 0.3) is 0 Å². The van der Waals surface area contributed by atoms with Gasteiger partial charge < -0.3 is 10.7 Å². The second-order valence-corrected chi connectivity index (χ2v) is 5.18. The van der Waals surface area contributed by atoms with E-state index in [0.717, 1.165) is 33.1 Å². The first-order valence-electron chi connectivity index (χ1n) is 6.11. The fourth-order valence-corrected chi connectivity index (χ4v) is 2.35. The molecular formula is C15H18ClN3. The van der Waals surface area contributed by atoms with E-state index in [9.17, 15) is 0 Å². The highest BCUT2D eigenvalue weighted by Gasteiger charge is 2.08. The van der Waals surface area contributed by atoms with Gasteiger partial charge in [-0.15, -0.1) is 0 Å². The minimum absolute atomic E-state index is 0.559. The van der Waals surface area contributed by atoms with Crippen LogP contribution in [0.1, 0.15) is 16.7 Å². The van der Waals surface area contributed by atoms with E-state index in [4.69, 9.17) is 23.2 Å². The molecule has 0 amide bonds. The highest BCUT2D eigenvalue weighted by atomic mass is 35.5. The SMILES string of the molecule is Cc1ccc(CN(N)c2ccc(N)cc2C)c(Cl)c1. The molecule has 0 unspecified atom stereocenters. The van der Waals surface area contributed by atoms with Crippen LogP contribution in [0, 0.1) is 13.8 Å². The first kappa shape index (κ1) is 13.7. The number of nitrogen functional groups attached to an aromatic ring is 1. The summed E-state index contributed by atoms with van der Waals surface area (Å²) in [5, 5.41) is 2.43. The Morgan fingerprint density at radius 3 is 2.47 bits per heavy atom. The molecule has 0 radical (unpaired) electrons.